The van der Waals surface area contributed by atoms with Crippen molar-refractivity contribution in [2.45, 2.75) is 26.2 Å². The molecule has 7 heteroatoms. The fourth-order valence-electron chi connectivity index (χ4n) is 3.13. The highest BCUT2D eigenvalue weighted by Crippen LogP contribution is 2.31. The molecule has 0 amide bonds. The van der Waals surface area contributed by atoms with Gasteiger partial charge in [-0.3, -0.25) is 9.59 Å². The van der Waals surface area contributed by atoms with Crippen molar-refractivity contribution in [1.82, 2.24) is 5.32 Å². The molecule has 0 spiro atoms. The van der Waals surface area contributed by atoms with Crippen LogP contribution in [0, 0.1) is 3.57 Å². The number of furan rings is 1. The van der Waals surface area contributed by atoms with E-state index in [1.165, 1.54) is 0 Å². The minimum Gasteiger partial charge on any atom is -0.491 e. The van der Waals surface area contributed by atoms with Crippen molar-refractivity contribution in [1.29, 1.82) is 0 Å². The minimum absolute atomic E-state index is 0.116. The average molecular weight is 522 g/mol. The lowest BCUT2D eigenvalue weighted by molar-refractivity contribution is -0.135. The van der Waals surface area contributed by atoms with Gasteiger partial charge in [0.25, 0.3) is 0 Å². The maximum absolute atomic E-state index is 13.4. The van der Waals surface area contributed by atoms with E-state index in [4.69, 9.17) is 15.6 Å². The Morgan fingerprint density at radius 3 is 2.87 bits per heavy atom. The number of rotatable bonds is 11. The molecule has 0 radical (unpaired) electrons. The van der Waals surface area contributed by atoms with Crippen LogP contribution in [0.5, 0.6) is 5.75 Å². The molecule has 0 bridgehead atoms. The normalized spacial score (nSPS) is 11.5. The quantitative estimate of drug-likeness (QED) is 0.216. The number of ketones is 1. The van der Waals surface area contributed by atoms with Crippen LogP contribution in [-0.2, 0) is 11.2 Å². The third-order valence-corrected chi connectivity index (χ3v) is 5.44. The third-order valence-electron chi connectivity index (χ3n) is 4.60. The van der Waals surface area contributed by atoms with Crippen LogP contribution in [0.15, 0.2) is 46.9 Å². The molecule has 0 aliphatic rings. The van der Waals surface area contributed by atoms with E-state index >= 15 is 0 Å². The van der Waals surface area contributed by atoms with Gasteiger partial charge in [0.2, 0.25) is 0 Å². The predicted molar refractivity (Wildman–Crippen MR) is 123 cm³/mol. The number of carboxylic acid groups (broad SMARTS) is 1. The number of carbonyl (C=O) groups is 2. The molecule has 0 aliphatic carbocycles. The first-order chi connectivity index (χ1) is 14.9. The summed E-state index contributed by atoms with van der Waals surface area (Å²) in [5.74, 6) is 0.264. The average Bonchev–Trinajstić information content (AvgIpc) is 3.09. The molecule has 0 saturated carbocycles. The van der Waals surface area contributed by atoms with E-state index < -0.39 is 5.97 Å². The van der Waals surface area contributed by atoms with Crippen molar-refractivity contribution in [2.24, 2.45) is 0 Å². The standard InChI is InChI=1S/C23H24INO5/c1-2-3-7-20-22(16-6-4-5-8-18(16)30-20)23(28)15-9-10-19(17(24)13-15)29-12-11-25-14-21(26)27/h4-6,8-10,13,25H,2-3,7,11-12,14H2,1H3,(H,26,27)/i5D. The summed E-state index contributed by atoms with van der Waals surface area (Å²) in [7, 11) is 0. The van der Waals surface area contributed by atoms with Crippen molar-refractivity contribution in [3.8, 4) is 5.75 Å². The van der Waals surface area contributed by atoms with Crippen LogP contribution >= 0.6 is 22.6 Å². The molecule has 0 saturated heterocycles. The number of carboxylic acids is 1. The van der Waals surface area contributed by atoms with E-state index in [1.54, 1.807) is 36.4 Å². The lowest BCUT2D eigenvalue weighted by atomic mass is 9.98. The Morgan fingerprint density at radius 1 is 1.30 bits per heavy atom. The van der Waals surface area contributed by atoms with E-state index in [-0.39, 0.29) is 12.3 Å². The van der Waals surface area contributed by atoms with Crippen LogP contribution in [0.1, 0.15) is 42.8 Å². The molecule has 0 unspecified atom stereocenters. The zero-order valence-corrected chi connectivity index (χ0v) is 18.8. The third kappa shape index (κ3) is 5.40. The van der Waals surface area contributed by atoms with Crippen molar-refractivity contribution in [3.05, 3.63) is 62.9 Å². The van der Waals surface area contributed by atoms with Crippen LogP contribution in [0.3, 0.4) is 0 Å². The lowest BCUT2D eigenvalue weighted by Crippen LogP contribution is -2.27. The van der Waals surface area contributed by atoms with Gasteiger partial charge in [-0.05, 0) is 53.3 Å². The number of nitrogens with one attached hydrogen (secondary N) is 1. The van der Waals surface area contributed by atoms with E-state index in [0.717, 1.165) is 21.8 Å². The molecule has 0 aliphatic heterocycles. The number of fused-ring (bicyclic) bond motifs is 1. The van der Waals surface area contributed by atoms with Gasteiger partial charge in [0.05, 0.1) is 17.0 Å². The number of carbonyl (C=O) groups excluding carboxylic acids is 1. The summed E-state index contributed by atoms with van der Waals surface area (Å²) < 4.78 is 20.3. The van der Waals surface area contributed by atoms with Crippen LogP contribution in [0.4, 0.5) is 0 Å². The highest BCUT2D eigenvalue weighted by Gasteiger charge is 2.22. The lowest BCUT2D eigenvalue weighted by Gasteiger charge is -2.10. The van der Waals surface area contributed by atoms with Gasteiger partial charge in [0.15, 0.2) is 5.78 Å². The summed E-state index contributed by atoms with van der Waals surface area (Å²) in [5.41, 5.74) is 1.66. The molecule has 1 aromatic heterocycles. The molecule has 6 nitrogen and oxygen atoms in total. The second kappa shape index (κ2) is 10.6. The van der Waals surface area contributed by atoms with E-state index in [0.29, 0.717) is 53.8 Å². The van der Waals surface area contributed by atoms with Crippen molar-refractivity contribution >= 4 is 45.3 Å². The SMILES string of the molecule is [2H]c1ccc2c(C(=O)c3ccc(OCCNCC(=O)O)c(I)c3)c(CCCC)oc2c1. The summed E-state index contributed by atoms with van der Waals surface area (Å²) in [4.78, 5) is 23.9. The van der Waals surface area contributed by atoms with Gasteiger partial charge in [-0.2, -0.15) is 0 Å². The Morgan fingerprint density at radius 2 is 2.13 bits per heavy atom. The molecule has 3 aromatic rings. The maximum atomic E-state index is 13.4. The summed E-state index contributed by atoms with van der Waals surface area (Å²) >= 11 is 2.12. The molecule has 3 rings (SSSR count). The molecule has 0 fully saturated rings. The topological polar surface area (TPSA) is 88.8 Å². The molecule has 2 N–H and O–H groups in total. The monoisotopic (exact) mass is 522 g/mol. The highest BCUT2D eigenvalue weighted by atomic mass is 127. The fraction of sp³-hybridized carbons (Fsp3) is 0.304. The van der Waals surface area contributed by atoms with E-state index in [2.05, 4.69) is 34.8 Å². The van der Waals surface area contributed by atoms with Crippen LogP contribution in [0.25, 0.3) is 11.0 Å². The summed E-state index contributed by atoms with van der Waals surface area (Å²) in [5, 5.41) is 12.1. The van der Waals surface area contributed by atoms with Gasteiger partial charge in [-0.1, -0.05) is 31.5 Å². The molecule has 0 atom stereocenters. The molecule has 158 valence electrons. The first-order valence-electron chi connectivity index (χ1n) is 10.3. The number of hydrogen-bond donors (Lipinski definition) is 2. The molecule has 30 heavy (non-hydrogen) atoms. The number of aryl methyl sites for hydroxylation is 1. The number of aliphatic carboxylic acids is 1. The second-order valence-corrected chi connectivity index (χ2v) is 7.98. The molecular formula is C23H24INO5. The van der Waals surface area contributed by atoms with Gasteiger partial charge in [-0.15, -0.1) is 0 Å². The molecule has 2 aromatic carbocycles. The number of hydrogen-bond acceptors (Lipinski definition) is 5. The van der Waals surface area contributed by atoms with Gasteiger partial charge in [-0.25, -0.2) is 0 Å². The van der Waals surface area contributed by atoms with Crippen molar-refractivity contribution in [3.63, 3.8) is 0 Å². The zero-order valence-electron chi connectivity index (χ0n) is 17.7. The number of ether oxygens (including phenoxy) is 1. The van der Waals surface area contributed by atoms with Crippen molar-refractivity contribution < 1.29 is 25.2 Å². The summed E-state index contributed by atoms with van der Waals surface area (Å²) in [6.45, 7) is 2.70. The Bertz CT molecular complexity index is 1100. The molecular weight excluding hydrogens is 497 g/mol. The highest BCUT2D eigenvalue weighted by molar-refractivity contribution is 14.1. The van der Waals surface area contributed by atoms with E-state index in [9.17, 15) is 9.59 Å². The smallest absolute Gasteiger partial charge is 0.317 e. The number of benzene rings is 2. The first kappa shape index (κ1) is 20.9. The maximum Gasteiger partial charge on any atom is 0.317 e. The fourth-order valence-corrected chi connectivity index (χ4v) is 3.81. The molecule has 1 heterocycles. The van der Waals surface area contributed by atoms with Crippen LogP contribution in [-0.4, -0.2) is 36.6 Å². The Labute approximate surface area is 190 Å². The first-order valence-corrected chi connectivity index (χ1v) is 10.9. The van der Waals surface area contributed by atoms with Gasteiger partial charge in [0.1, 0.15) is 23.7 Å². The second-order valence-electron chi connectivity index (χ2n) is 6.82. The Kier molecular flexibility index (Phi) is 7.36. The zero-order chi connectivity index (χ0) is 22.4. The van der Waals surface area contributed by atoms with Crippen LogP contribution < -0.4 is 10.1 Å². The van der Waals surface area contributed by atoms with Gasteiger partial charge < -0.3 is 19.6 Å². The largest absolute Gasteiger partial charge is 0.491 e. The van der Waals surface area contributed by atoms with E-state index in [1.807, 2.05) is 0 Å². The minimum atomic E-state index is -0.915. The number of unbranched alkanes of at least 4 members (excludes halogenated alkanes) is 1. The summed E-state index contributed by atoms with van der Waals surface area (Å²) in [6.07, 6.45) is 2.56. The number of halogens is 1. The Hall–Kier alpha value is -2.39. The Balaban J connectivity index is 1.81. The van der Waals surface area contributed by atoms with Crippen LogP contribution in [0.2, 0.25) is 0 Å². The number of para-hydroxylation sites is 1. The summed E-state index contributed by atoms with van der Waals surface area (Å²) in [6, 6.07) is 10.7. The van der Waals surface area contributed by atoms with Gasteiger partial charge in [0, 0.05) is 23.9 Å². The van der Waals surface area contributed by atoms with Crippen molar-refractivity contribution in [2.75, 3.05) is 19.7 Å². The predicted octanol–water partition coefficient (Wildman–Crippen LogP) is 4.66. The van der Waals surface area contributed by atoms with Gasteiger partial charge >= 0.3 is 5.97 Å².